The summed E-state index contributed by atoms with van der Waals surface area (Å²) in [6.45, 7) is 3.69. The molecule has 2 N–H and O–H groups in total. The SMILES string of the molecule is Cc1cc(C)nc(N2NC3NC(CSc4ccc(Cl)cc4)CC(=O)C3C2=O)n1. The number of aryl methyl sites for hydroxylation is 2. The van der Waals surface area contributed by atoms with Crippen LogP contribution in [0.5, 0.6) is 0 Å². The molecule has 0 spiro atoms. The number of thioether (sulfide) groups is 1. The highest BCUT2D eigenvalue weighted by Crippen LogP contribution is 2.28. The van der Waals surface area contributed by atoms with E-state index in [1.54, 1.807) is 11.8 Å². The summed E-state index contributed by atoms with van der Waals surface area (Å²) in [5.41, 5.74) is 4.61. The minimum absolute atomic E-state index is 0.0326. The van der Waals surface area contributed by atoms with E-state index in [1.807, 2.05) is 44.2 Å². The van der Waals surface area contributed by atoms with Gasteiger partial charge >= 0.3 is 0 Å². The van der Waals surface area contributed by atoms with E-state index >= 15 is 0 Å². The molecular formula is C19H20ClN5O2S. The van der Waals surface area contributed by atoms with E-state index in [1.165, 1.54) is 5.01 Å². The number of Topliss-reactive ketones (excluding diaryl/α,β-unsaturated/α-hetero) is 1. The third-order valence-electron chi connectivity index (χ3n) is 4.73. The van der Waals surface area contributed by atoms with Crippen molar-refractivity contribution in [3.05, 3.63) is 46.7 Å². The highest BCUT2D eigenvalue weighted by atomic mass is 35.5. The number of halogens is 1. The lowest BCUT2D eigenvalue weighted by molar-refractivity contribution is -0.133. The molecule has 1 aromatic carbocycles. The summed E-state index contributed by atoms with van der Waals surface area (Å²) in [4.78, 5) is 35.2. The first kappa shape index (κ1) is 19.3. The largest absolute Gasteiger partial charge is 0.299 e. The van der Waals surface area contributed by atoms with Gasteiger partial charge in [0.25, 0.3) is 5.91 Å². The third-order valence-corrected chi connectivity index (χ3v) is 6.16. The number of anilines is 1. The summed E-state index contributed by atoms with van der Waals surface area (Å²) in [6.07, 6.45) is -0.134. The molecule has 2 aliphatic rings. The van der Waals surface area contributed by atoms with Crippen molar-refractivity contribution in [1.82, 2.24) is 20.7 Å². The highest BCUT2D eigenvalue weighted by Gasteiger charge is 2.49. The van der Waals surface area contributed by atoms with Crippen LogP contribution in [0.1, 0.15) is 17.8 Å². The van der Waals surface area contributed by atoms with E-state index < -0.39 is 12.1 Å². The van der Waals surface area contributed by atoms with Crippen LogP contribution >= 0.6 is 23.4 Å². The van der Waals surface area contributed by atoms with Crippen molar-refractivity contribution in [3.63, 3.8) is 0 Å². The quantitative estimate of drug-likeness (QED) is 0.582. The fourth-order valence-electron chi connectivity index (χ4n) is 3.50. The van der Waals surface area contributed by atoms with Gasteiger partial charge in [0.2, 0.25) is 5.95 Å². The van der Waals surface area contributed by atoms with Crippen LogP contribution in [0.15, 0.2) is 35.2 Å². The monoisotopic (exact) mass is 417 g/mol. The van der Waals surface area contributed by atoms with Gasteiger partial charge < -0.3 is 0 Å². The van der Waals surface area contributed by atoms with Crippen LogP contribution in [-0.4, -0.2) is 39.6 Å². The molecule has 1 amide bonds. The fourth-order valence-corrected chi connectivity index (χ4v) is 4.56. The Hall–Kier alpha value is -2.00. The zero-order chi connectivity index (χ0) is 19.8. The first-order valence-corrected chi connectivity index (χ1v) is 10.4. The number of nitrogens with zero attached hydrogens (tertiary/aromatic N) is 3. The Labute approximate surface area is 172 Å². The van der Waals surface area contributed by atoms with E-state index in [-0.39, 0.29) is 23.7 Å². The van der Waals surface area contributed by atoms with Crippen LogP contribution in [0.2, 0.25) is 5.02 Å². The van der Waals surface area contributed by atoms with Crippen LogP contribution in [0.4, 0.5) is 5.95 Å². The Balaban J connectivity index is 1.45. The summed E-state index contributed by atoms with van der Waals surface area (Å²) in [5, 5.41) is 5.39. The lowest BCUT2D eigenvalue weighted by Crippen LogP contribution is -2.56. The molecule has 1 aromatic heterocycles. The molecule has 28 heavy (non-hydrogen) atoms. The second-order valence-corrected chi connectivity index (χ2v) is 8.54. The third kappa shape index (κ3) is 3.91. The number of carbonyl (C=O) groups is 2. The van der Waals surface area contributed by atoms with Crippen LogP contribution in [0.25, 0.3) is 0 Å². The van der Waals surface area contributed by atoms with Gasteiger partial charge in [-0.15, -0.1) is 11.8 Å². The predicted octanol–water partition coefficient (Wildman–Crippen LogP) is 2.26. The Morgan fingerprint density at radius 3 is 2.54 bits per heavy atom. The van der Waals surface area contributed by atoms with Crippen LogP contribution in [-0.2, 0) is 9.59 Å². The number of benzene rings is 1. The molecule has 3 unspecified atom stereocenters. The summed E-state index contributed by atoms with van der Waals surface area (Å²) >= 11 is 7.57. The molecule has 146 valence electrons. The molecule has 7 nitrogen and oxygen atoms in total. The van der Waals surface area contributed by atoms with Crippen molar-refractivity contribution in [2.24, 2.45) is 5.92 Å². The number of piperidine rings is 1. The van der Waals surface area contributed by atoms with Gasteiger partial charge in [-0.05, 0) is 44.2 Å². The van der Waals surface area contributed by atoms with Crippen molar-refractivity contribution >= 4 is 41.0 Å². The number of amides is 1. The fraction of sp³-hybridized carbons (Fsp3) is 0.368. The molecular weight excluding hydrogens is 398 g/mol. The minimum Gasteiger partial charge on any atom is -0.299 e. The number of carbonyl (C=O) groups excluding carboxylic acids is 2. The number of fused-ring (bicyclic) bond motifs is 1. The highest BCUT2D eigenvalue weighted by molar-refractivity contribution is 7.99. The summed E-state index contributed by atoms with van der Waals surface area (Å²) in [6, 6.07) is 9.41. The normalized spacial score (nSPS) is 24.5. The number of hydrazine groups is 1. The van der Waals surface area contributed by atoms with Gasteiger partial charge in [0, 0.05) is 39.5 Å². The number of nitrogens with one attached hydrogen (secondary N) is 2. The minimum atomic E-state index is -0.749. The maximum absolute atomic E-state index is 12.8. The van der Waals surface area contributed by atoms with E-state index in [4.69, 9.17) is 11.6 Å². The van der Waals surface area contributed by atoms with E-state index in [0.717, 1.165) is 16.3 Å². The second kappa shape index (κ2) is 7.79. The van der Waals surface area contributed by atoms with Gasteiger partial charge in [0.15, 0.2) is 0 Å². The molecule has 2 aliphatic heterocycles. The Bertz CT molecular complexity index is 903. The maximum Gasteiger partial charge on any atom is 0.257 e. The first-order chi connectivity index (χ1) is 13.4. The Morgan fingerprint density at radius 1 is 1.18 bits per heavy atom. The van der Waals surface area contributed by atoms with Gasteiger partial charge in [0.1, 0.15) is 11.7 Å². The van der Waals surface area contributed by atoms with Gasteiger partial charge in [0.05, 0.1) is 6.17 Å². The predicted molar refractivity (Wildman–Crippen MR) is 108 cm³/mol. The summed E-state index contributed by atoms with van der Waals surface area (Å²) in [7, 11) is 0. The molecule has 2 saturated heterocycles. The standard InChI is InChI=1S/C19H20ClN5O2S/c1-10-7-11(2)22-19(21-10)25-18(27)16-15(26)8-13(23-17(16)24-25)9-28-14-5-3-12(20)4-6-14/h3-7,13,16-17,23-24H,8-9H2,1-2H3. The second-order valence-electron chi connectivity index (χ2n) is 7.01. The zero-order valence-corrected chi connectivity index (χ0v) is 17.0. The number of hydrogen-bond donors (Lipinski definition) is 2. The first-order valence-electron chi connectivity index (χ1n) is 9.00. The number of hydrogen-bond acceptors (Lipinski definition) is 7. The Morgan fingerprint density at radius 2 is 1.86 bits per heavy atom. The molecule has 0 saturated carbocycles. The van der Waals surface area contributed by atoms with Crippen LogP contribution < -0.4 is 15.8 Å². The average molecular weight is 418 g/mol. The molecule has 4 rings (SSSR count). The van der Waals surface area contributed by atoms with Crippen molar-refractivity contribution in [2.45, 2.75) is 37.4 Å². The van der Waals surface area contributed by atoms with Crippen molar-refractivity contribution in [1.29, 1.82) is 0 Å². The van der Waals surface area contributed by atoms with Gasteiger partial charge in [-0.2, -0.15) is 0 Å². The zero-order valence-electron chi connectivity index (χ0n) is 15.5. The lowest BCUT2D eigenvalue weighted by atomic mass is 9.91. The number of aromatic nitrogens is 2. The van der Waals surface area contributed by atoms with Crippen molar-refractivity contribution in [3.8, 4) is 0 Å². The molecule has 3 atom stereocenters. The molecule has 2 fully saturated rings. The van der Waals surface area contributed by atoms with E-state index in [9.17, 15) is 9.59 Å². The lowest BCUT2D eigenvalue weighted by Gasteiger charge is -2.30. The molecule has 2 aromatic rings. The van der Waals surface area contributed by atoms with E-state index in [2.05, 4.69) is 20.7 Å². The smallest absolute Gasteiger partial charge is 0.257 e. The summed E-state index contributed by atoms with van der Waals surface area (Å²) < 4.78 is 0. The number of rotatable bonds is 4. The average Bonchev–Trinajstić information content (AvgIpc) is 2.97. The molecule has 0 aliphatic carbocycles. The van der Waals surface area contributed by atoms with Gasteiger partial charge in [-0.1, -0.05) is 11.6 Å². The topological polar surface area (TPSA) is 87.2 Å². The van der Waals surface area contributed by atoms with Crippen molar-refractivity contribution in [2.75, 3.05) is 10.8 Å². The van der Waals surface area contributed by atoms with Gasteiger partial charge in [-0.25, -0.2) is 20.4 Å². The van der Waals surface area contributed by atoms with E-state index in [0.29, 0.717) is 17.2 Å². The molecule has 0 radical (unpaired) electrons. The Kier molecular flexibility index (Phi) is 5.37. The molecule has 0 bridgehead atoms. The van der Waals surface area contributed by atoms with Crippen molar-refractivity contribution < 1.29 is 9.59 Å². The summed E-state index contributed by atoms with van der Waals surface area (Å²) in [5.74, 6) is -0.127. The van der Waals surface area contributed by atoms with Crippen LogP contribution in [0.3, 0.4) is 0 Å². The molecule has 9 heteroatoms. The molecule has 3 heterocycles. The van der Waals surface area contributed by atoms with Gasteiger partial charge in [-0.3, -0.25) is 14.9 Å². The maximum atomic E-state index is 12.8. The number of ketones is 1. The van der Waals surface area contributed by atoms with Crippen LogP contribution in [0, 0.1) is 19.8 Å².